The molecule has 1 atom stereocenters. The molecule has 130 valence electrons. The number of amides is 1. The van der Waals surface area contributed by atoms with Gasteiger partial charge in [-0.25, -0.2) is 0 Å². The maximum absolute atomic E-state index is 12.3. The second kappa shape index (κ2) is 10.4. The summed E-state index contributed by atoms with van der Waals surface area (Å²) in [4.78, 5) is 24.2. The van der Waals surface area contributed by atoms with Gasteiger partial charge in [-0.2, -0.15) is 0 Å². The number of benzene rings is 1. The number of nitrogens with one attached hydrogen (secondary N) is 1. The molecule has 0 aliphatic heterocycles. The van der Waals surface area contributed by atoms with E-state index in [0.29, 0.717) is 18.0 Å². The first-order chi connectivity index (χ1) is 10.3. The molecule has 1 unspecified atom stereocenters. The van der Waals surface area contributed by atoms with E-state index in [4.69, 9.17) is 5.73 Å². The highest BCUT2D eigenvalue weighted by atomic mass is 35.5. The average Bonchev–Trinajstić information content (AvgIpc) is 2.46. The molecule has 1 aromatic rings. The van der Waals surface area contributed by atoms with E-state index < -0.39 is 0 Å². The Bertz CT molecular complexity index is 530. The van der Waals surface area contributed by atoms with E-state index >= 15 is 0 Å². The monoisotopic (exact) mass is 340 g/mol. The first kappa shape index (κ1) is 21.6. The molecule has 0 saturated heterocycles. The summed E-state index contributed by atoms with van der Waals surface area (Å²) in [7, 11) is 0. The van der Waals surface area contributed by atoms with Gasteiger partial charge in [0.1, 0.15) is 0 Å². The standard InChI is InChI=1S/C18H28N2O2.ClH/c1-12(2)9-15(11-19)20-18(22)8-7-17(21)16-10-13(3)5-6-14(16)4;/h5-6,10,12,15H,7-9,11,19H2,1-4H3,(H,20,22);1H. The van der Waals surface area contributed by atoms with Crippen molar-refractivity contribution in [3.05, 3.63) is 34.9 Å². The van der Waals surface area contributed by atoms with Crippen molar-refractivity contribution in [2.45, 2.75) is 53.0 Å². The second-order valence-electron chi connectivity index (χ2n) is 6.37. The fraction of sp³-hybridized carbons (Fsp3) is 0.556. The van der Waals surface area contributed by atoms with Crippen LogP contribution in [0.1, 0.15) is 54.6 Å². The highest BCUT2D eigenvalue weighted by Crippen LogP contribution is 2.14. The van der Waals surface area contributed by atoms with Crippen LogP contribution < -0.4 is 11.1 Å². The minimum Gasteiger partial charge on any atom is -0.352 e. The van der Waals surface area contributed by atoms with Crippen molar-refractivity contribution < 1.29 is 9.59 Å². The molecule has 1 amide bonds. The Balaban J connectivity index is 0.00000484. The Kier molecular flexibility index (Phi) is 9.77. The number of nitrogens with two attached hydrogens (primary N) is 1. The van der Waals surface area contributed by atoms with Gasteiger partial charge >= 0.3 is 0 Å². The Hall–Kier alpha value is -1.39. The molecule has 1 rings (SSSR count). The van der Waals surface area contributed by atoms with Gasteiger partial charge in [0.15, 0.2) is 5.78 Å². The van der Waals surface area contributed by atoms with Crippen molar-refractivity contribution >= 4 is 24.1 Å². The number of hydrogen-bond donors (Lipinski definition) is 2. The Morgan fingerprint density at radius 2 is 1.83 bits per heavy atom. The van der Waals surface area contributed by atoms with Gasteiger partial charge in [0, 0.05) is 31.0 Å². The van der Waals surface area contributed by atoms with Crippen LogP contribution in [0.4, 0.5) is 0 Å². The van der Waals surface area contributed by atoms with Crippen molar-refractivity contribution in [1.82, 2.24) is 5.32 Å². The molecule has 23 heavy (non-hydrogen) atoms. The van der Waals surface area contributed by atoms with Gasteiger partial charge in [0.05, 0.1) is 0 Å². The minimum atomic E-state index is -0.102. The molecule has 3 N–H and O–H groups in total. The molecular weight excluding hydrogens is 312 g/mol. The molecule has 0 bridgehead atoms. The lowest BCUT2D eigenvalue weighted by atomic mass is 9.99. The van der Waals surface area contributed by atoms with Crippen LogP contribution in [0.15, 0.2) is 18.2 Å². The van der Waals surface area contributed by atoms with Gasteiger partial charge in [-0.3, -0.25) is 9.59 Å². The average molecular weight is 341 g/mol. The van der Waals surface area contributed by atoms with E-state index in [1.165, 1.54) is 0 Å². The third-order valence-corrected chi connectivity index (χ3v) is 3.68. The van der Waals surface area contributed by atoms with E-state index in [2.05, 4.69) is 19.2 Å². The van der Waals surface area contributed by atoms with E-state index in [1.807, 2.05) is 32.0 Å². The third-order valence-electron chi connectivity index (χ3n) is 3.68. The molecule has 0 radical (unpaired) electrons. The van der Waals surface area contributed by atoms with Gasteiger partial charge < -0.3 is 11.1 Å². The lowest BCUT2D eigenvalue weighted by Crippen LogP contribution is -2.41. The smallest absolute Gasteiger partial charge is 0.220 e. The predicted molar refractivity (Wildman–Crippen MR) is 97.2 cm³/mol. The molecule has 0 fully saturated rings. The lowest BCUT2D eigenvalue weighted by molar-refractivity contribution is -0.121. The highest BCUT2D eigenvalue weighted by molar-refractivity contribution is 5.99. The van der Waals surface area contributed by atoms with Crippen LogP contribution in [0.5, 0.6) is 0 Å². The number of ketones is 1. The van der Waals surface area contributed by atoms with E-state index in [9.17, 15) is 9.59 Å². The number of aryl methyl sites for hydroxylation is 2. The van der Waals surface area contributed by atoms with Crippen LogP contribution in [0.25, 0.3) is 0 Å². The van der Waals surface area contributed by atoms with E-state index in [-0.39, 0.29) is 43.0 Å². The summed E-state index contributed by atoms with van der Waals surface area (Å²) >= 11 is 0. The molecule has 0 aliphatic rings. The fourth-order valence-electron chi connectivity index (χ4n) is 2.48. The molecule has 0 spiro atoms. The maximum Gasteiger partial charge on any atom is 0.220 e. The Morgan fingerprint density at radius 3 is 2.39 bits per heavy atom. The van der Waals surface area contributed by atoms with Crippen LogP contribution in [0.2, 0.25) is 0 Å². The molecular formula is C18H29ClN2O2. The van der Waals surface area contributed by atoms with Crippen LogP contribution in [0, 0.1) is 19.8 Å². The molecule has 0 aliphatic carbocycles. The zero-order valence-corrected chi connectivity index (χ0v) is 15.3. The number of hydrogen-bond acceptors (Lipinski definition) is 3. The Morgan fingerprint density at radius 1 is 1.17 bits per heavy atom. The molecule has 0 heterocycles. The maximum atomic E-state index is 12.3. The van der Waals surface area contributed by atoms with E-state index in [1.54, 1.807) is 0 Å². The molecule has 1 aromatic carbocycles. The molecule has 4 nitrogen and oxygen atoms in total. The SMILES string of the molecule is Cc1ccc(C)c(C(=O)CCC(=O)NC(CN)CC(C)C)c1.Cl. The third kappa shape index (κ3) is 7.62. The first-order valence-corrected chi connectivity index (χ1v) is 7.93. The van der Waals surface area contributed by atoms with Crippen molar-refractivity contribution in [2.24, 2.45) is 11.7 Å². The normalized spacial score (nSPS) is 11.7. The molecule has 0 saturated carbocycles. The predicted octanol–water partition coefficient (Wildman–Crippen LogP) is 3.18. The number of carbonyl (C=O) groups is 2. The largest absolute Gasteiger partial charge is 0.352 e. The van der Waals surface area contributed by atoms with Crippen molar-refractivity contribution in [2.75, 3.05) is 6.54 Å². The van der Waals surface area contributed by atoms with Crippen molar-refractivity contribution in [3.8, 4) is 0 Å². The summed E-state index contributed by atoms with van der Waals surface area (Å²) < 4.78 is 0. The topological polar surface area (TPSA) is 72.2 Å². The van der Waals surface area contributed by atoms with Gasteiger partial charge in [0.25, 0.3) is 0 Å². The van der Waals surface area contributed by atoms with Crippen LogP contribution in [0.3, 0.4) is 0 Å². The second-order valence-corrected chi connectivity index (χ2v) is 6.37. The zero-order valence-electron chi connectivity index (χ0n) is 14.5. The van der Waals surface area contributed by atoms with Crippen LogP contribution >= 0.6 is 12.4 Å². The van der Waals surface area contributed by atoms with Gasteiger partial charge in [-0.15, -0.1) is 12.4 Å². The van der Waals surface area contributed by atoms with Crippen molar-refractivity contribution in [1.29, 1.82) is 0 Å². The minimum absolute atomic E-state index is 0. The summed E-state index contributed by atoms with van der Waals surface area (Å²) in [6, 6.07) is 5.80. The quantitative estimate of drug-likeness (QED) is 0.714. The van der Waals surface area contributed by atoms with Gasteiger partial charge in [-0.1, -0.05) is 31.5 Å². The first-order valence-electron chi connectivity index (χ1n) is 7.93. The van der Waals surface area contributed by atoms with Crippen molar-refractivity contribution in [3.63, 3.8) is 0 Å². The molecule has 5 heteroatoms. The number of Topliss-reactive ketones (excluding diaryl/α,β-unsaturated/α-hetero) is 1. The van der Waals surface area contributed by atoms with Crippen LogP contribution in [-0.2, 0) is 4.79 Å². The Labute approximate surface area is 145 Å². The molecule has 0 aromatic heterocycles. The van der Waals surface area contributed by atoms with E-state index in [0.717, 1.165) is 17.5 Å². The fourth-order valence-corrected chi connectivity index (χ4v) is 2.48. The summed E-state index contributed by atoms with van der Waals surface area (Å²) in [6.07, 6.45) is 1.29. The highest BCUT2D eigenvalue weighted by Gasteiger charge is 2.15. The summed E-state index contributed by atoms with van der Waals surface area (Å²) in [5.74, 6) is 0.393. The lowest BCUT2D eigenvalue weighted by Gasteiger charge is -2.18. The zero-order chi connectivity index (χ0) is 16.7. The number of halogens is 1. The summed E-state index contributed by atoms with van der Waals surface area (Å²) in [5, 5.41) is 2.91. The summed E-state index contributed by atoms with van der Waals surface area (Å²) in [6.45, 7) is 8.49. The summed E-state index contributed by atoms with van der Waals surface area (Å²) in [5.41, 5.74) is 8.39. The van der Waals surface area contributed by atoms with Gasteiger partial charge in [0.2, 0.25) is 5.91 Å². The number of carbonyl (C=O) groups excluding carboxylic acids is 2. The number of rotatable bonds is 8. The van der Waals surface area contributed by atoms with Gasteiger partial charge in [-0.05, 0) is 37.8 Å². The van der Waals surface area contributed by atoms with Crippen LogP contribution in [-0.4, -0.2) is 24.3 Å².